The maximum atomic E-state index is 12.5. The molecule has 0 radical (unpaired) electrons. The molecule has 120 heavy (non-hydrogen) atoms. The summed E-state index contributed by atoms with van der Waals surface area (Å²) in [4.78, 5) is 123. The van der Waals surface area contributed by atoms with E-state index in [4.69, 9.17) is 48.6 Å². The lowest BCUT2D eigenvalue weighted by atomic mass is 10.2. The number of aliphatic hydroxyl groups is 2. The van der Waals surface area contributed by atoms with Gasteiger partial charge in [0.25, 0.3) is 11.1 Å². The Morgan fingerprint density at radius 2 is 1.02 bits per heavy atom. The Hall–Kier alpha value is -2.98. The molecule has 0 aliphatic rings. The number of hydrogen-bond acceptors (Lipinski definition) is 30. The van der Waals surface area contributed by atoms with Gasteiger partial charge in [-0.25, -0.2) is 39.5 Å². The van der Waals surface area contributed by atoms with Crippen LogP contribution in [0, 0.1) is 4.77 Å². The number of halogens is 15. The van der Waals surface area contributed by atoms with Gasteiger partial charge in [0.2, 0.25) is 0 Å². The van der Waals surface area contributed by atoms with Crippen molar-refractivity contribution in [2.45, 2.75) is 203 Å². The first-order valence-electron chi connectivity index (χ1n) is 35.1. The standard InChI is InChI=1S/C11H10F3N3OS2.C8H12N2O2S.C8H11NO2S.C7H11BrO3.C7H12O3.C6H8BrNS.C6H9NOS.C6H15N.C5H3F3N2OS.C2H6O.CH2Cl2.CH4N2S.CH4.Br3P.Br2/c1-2-6-7(20-5-15-6)4-19-10-16-8(11(12,13)14)3-9(18)17-10;1-3-5-6(7(11)12-4-2)13-8(9)10-5;1-3-6-7(12-5-9-6)8(10)11-4-2;1-3-5(9)6(8)7(10)11-4-2;1-3-6(8)5-7(9)10-4-2;1-2-5-6(3-7)9-4-8-5;1-2-5-6(3-8)9-4-7-5;1-4-7(5-2)6-3;6-5(7,8)2-1-3(11)10-4(12)9-2;1-2-3;2-1-3;2-1(3)4;;1-4(2)3;1-2/h3,5H,2,4H2,1H3,(H,16,17,18);3-4H2,1-2H3,(H2,9,10);5H,3-4H2,1-2H3;6H,3-4H2,1-2H3;3-5H2,1-2H3;4H,2-3H2,1H3;4,8H,2-3H2,1H3;4-6H2,1-3H3;1H,(H2,9,10,11,12);3H,2H2,1H3;1H2;(H4,2,3,4);1H4;;. The predicted octanol–water partition coefficient (Wildman–Crippen LogP) is 21.6. The molecule has 1 unspecified atom stereocenters. The molecule has 7 aromatic heterocycles. The highest BCUT2D eigenvalue weighted by molar-refractivity contribution is 9.93. The van der Waals surface area contributed by atoms with Gasteiger partial charge in [-0.2, -0.15) is 26.3 Å². The SMILES string of the molecule is BrBr.BrP(Br)Br.C.CCN(CC)CC.CCO.CCOC(=O)C(Br)C(=O)CC.CCOC(=O)CC(=O)CC.CCOC(=O)c1sc(N)nc1CC.CCOC(=O)c1scnc1CC.CCc1ncsc1CBr.CCc1ncsc1CO.CCc1ncsc1CSc1nc(C(F)(F)F)cc(=O)[nH]1.ClCCl.NC(N)=S.O=c1cc(C(F)(F)F)[nH]c(=S)[nH]1. The van der Waals surface area contributed by atoms with Crippen molar-refractivity contribution in [2.75, 3.05) is 63.7 Å². The number of rotatable bonds is 25. The highest BCUT2D eigenvalue weighted by Gasteiger charge is 2.34. The lowest BCUT2D eigenvalue weighted by Crippen LogP contribution is -2.25. The molecule has 27 nitrogen and oxygen atoms in total. The zero-order valence-electron chi connectivity index (χ0n) is 67.7. The Morgan fingerprint density at radius 1 is 0.617 bits per heavy atom. The smallest absolute Gasteiger partial charge is 0.433 e. The number of ketones is 2. The molecular formula is C69H107Br7Cl2F6N13O14PS8. The van der Waals surface area contributed by atoms with E-state index in [2.05, 4.69) is 219 Å². The van der Waals surface area contributed by atoms with Crippen molar-refractivity contribution in [3.63, 3.8) is 0 Å². The number of aromatic nitrogens is 9. The predicted molar refractivity (Wildman–Crippen MR) is 512 cm³/mol. The minimum absolute atomic E-state index is 0. The van der Waals surface area contributed by atoms with Crippen LogP contribution in [0.2, 0.25) is 0 Å². The Bertz CT molecular complexity index is 3890. The summed E-state index contributed by atoms with van der Waals surface area (Å²) in [6, 6.07) is 0.865. The molecule has 0 fully saturated rings. The topological polar surface area (TPSA) is 420 Å². The maximum absolute atomic E-state index is 12.5. The van der Waals surface area contributed by atoms with Crippen molar-refractivity contribution in [2.24, 2.45) is 11.5 Å². The molecule has 7 aromatic rings. The van der Waals surface area contributed by atoms with Gasteiger partial charge in [0.05, 0.1) is 93.8 Å². The zero-order chi connectivity index (χ0) is 93.4. The number of nitrogens with two attached hydrogens (primary N) is 3. The number of thiazole rings is 5. The summed E-state index contributed by atoms with van der Waals surface area (Å²) >= 11 is 47.6. The second-order valence-electron chi connectivity index (χ2n) is 20.3. The van der Waals surface area contributed by atoms with Gasteiger partial charge in [0.15, 0.2) is 36.5 Å². The third-order valence-corrected chi connectivity index (χ3v) is 19.8. The number of thiocarbonyl (C=S) groups is 1. The quantitative estimate of drug-likeness (QED) is 0.00303. The molecule has 0 bridgehead atoms. The highest BCUT2D eigenvalue weighted by atomic mass is 80.9. The van der Waals surface area contributed by atoms with E-state index in [0.717, 1.165) is 75.3 Å². The number of esters is 4. The van der Waals surface area contributed by atoms with Crippen LogP contribution >= 0.6 is 227 Å². The van der Waals surface area contributed by atoms with Gasteiger partial charge >= 0.3 is 36.2 Å². The molecule has 0 saturated heterocycles. The first-order valence-corrected chi connectivity index (χ1v) is 55.4. The van der Waals surface area contributed by atoms with Crippen LogP contribution in [0.3, 0.4) is 0 Å². The number of carbonyl (C=O) groups is 6. The number of nitrogen functional groups attached to an aromatic ring is 1. The molecular weight excluding hydrogens is 2270 g/mol. The minimum atomic E-state index is -4.62. The second kappa shape index (κ2) is 84.2. The van der Waals surface area contributed by atoms with E-state index in [1.807, 2.05) is 43.2 Å². The number of anilines is 1. The van der Waals surface area contributed by atoms with E-state index < -0.39 is 51.6 Å². The second-order valence-corrected chi connectivity index (χ2v) is 44.4. The molecule has 7 rings (SSSR count). The summed E-state index contributed by atoms with van der Waals surface area (Å²) in [5.74, 6) is -1.29. The summed E-state index contributed by atoms with van der Waals surface area (Å²) in [6.45, 7) is 34.1. The Labute approximate surface area is 799 Å². The number of aliphatic hydroxyl groups excluding tert-OH is 2. The normalized spacial score (nSPS) is 10.0. The fraction of sp³-hybridized carbons (Fsp3) is 0.565. The number of carbonyl (C=O) groups excluding carboxylic acids is 6. The van der Waals surface area contributed by atoms with Crippen molar-refractivity contribution in [1.29, 1.82) is 0 Å². The number of alkyl halides is 10. The molecule has 1 atom stereocenters. The molecule has 51 heteroatoms. The molecule has 0 spiro atoms. The summed E-state index contributed by atoms with van der Waals surface area (Å²) in [6.07, 6.45) is -4.34. The average molecular weight is 2370 g/mol. The highest BCUT2D eigenvalue weighted by Crippen LogP contribution is 2.59. The molecule has 0 amide bonds. The van der Waals surface area contributed by atoms with Crippen LogP contribution in [0.4, 0.5) is 31.5 Å². The number of thioether (sulfide) groups is 1. The fourth-order valence-electron chi connectivity index (χ4n) is 7.05. The maximum Gasteiger partial charge on any atom is 0.433 e. The Morgan fingerprint density at radius 3 is 1.38 bits per heavy atom. The third-order valence-electron chi connectivity index (χ3n) is 12.3. The summed E-state index contributed by atoms with van der Waals surface area (Å²) in [5, 5.41) is 17.8. The van der Waals surface area contributed by atoms with Crippen molar-refractivity contribution in [3.05, 3.63) is 124 Å². The van der Waals surface area contributed by atoms with E-state index in [1.165, 1.54) is 75.6 Å². The van der Waals surface area contributed by atoms with Crippen LogP contribution in [-0.4, -0.2) is 163 Å². The monoisotopic (exact) mass is 2360 g/mol. The number of nitrogens with zero attached hydrogens (tertiary/aromatic N) is 7. The van der Waals surface area contributed by atoms with E-state index in [1.54, 1.807) is 76.3 Å². The van der Waals surface area contributed by atoms with E-state index in [-0.39, 0.29) is 75.0 Å². The van der Waals surface area contributed by atoms with Crippen LogP contribution < -0.4 is 28.3 Å². The number of aryl methyl sites for hydroxylation is 5. The molecule has 0 aliphatic carbocycles. The lowest BCUT2D eigenvalue weighted by molar-refractivity contribution is -0.146. The van der Waals surface area contributed by atoms with Crippen molar-refractivity contribution >= 4 is 272 Å². The van der Waals surface area contributed by atoms with Crippen LogP contribution in [0.25, 0.3) is 0 Å². The number of Topliss-reactive ketones (excluding diaryl/α,β-unsaturated/α-hetero) is 2. The van der Waals surface area contributed by atoms with E-state index in [0.29, 0.717) is 78.5 Å². The minimum Gasteiger partial charge on any atom is -0.466 e. The first-order chi connectivity index (χ1) is 56.0. The molecule has 7 heterocycles. The molecule has 11 N–H and O–H groups in total. The van der Waals surface area contributed by atoms with Crippen molar-refractivity contribution in [1.82, 2.24) is 49.8 Å². The summed E-state index contributed by atoms with van der Waals surface area (Å²) in [7, 11) is 0. The number of aromatic amines is 3. The van der Waals surface area contributed by atoms with Crippen LogP contribution in [-0.2, 0) is 100 Å². The van der Waals surface area contributed by atoms with Gasteiger partial charge < -0.3 is 61.2 Å². The van der Waals surface area contributed by atoms with Gasteiger partial charge in [0, 0.05) is 80.7 Å². The molecule has 0 aliphatic heterocycles. The van der Waals surface area contributed by atoms with E-state index >= 15 is 0 Å². The third kappa shape index (κ3) is 70.1. The Kier molecular flexibility index (Phi) is 93.0. The number of H-pyrrole nitrogens is 3. The van der Waals surface area contributed by atoms with Crippen LogP contribution in [0.1, 0.15) is 204 Å². The number of hydrogen-bond donors (Lipinski definition) is 8. The van der Waals surface area contributed by atoms with E-state index in [9.17, 15) is 64.7 Å². The van der Waals surface area contributed by atoms with Crippen molar-refractivity contribution < 1.29 is 84.3 Å². The Balaban J connectivity index is -0.000000194. The van der Waals surface area contributed by atoms with Gasteiger partial charge in [-0.15, -0.1) is 68.5 Å². The molecule has 690 valence electrons. The number of nitrogens with one attached hydrogen (secondary N) is 3. The van der Waals surface area contributed by atoms with Crippen LogP contribution in [0.15, 0.2) is 48.9 Å². The number of ether oxygens (including phenoxy) is 4. The van der Waals surface area contributed by atoms with Gasteiger partial charge in [0.1, 0.15) is 31.7 Å². The van der Waals surface area contributed by atoms with Crippen LogP contribution in [0.5, 0.6) is 0 Å². The van der Waals surface area contributed by atoms with Gasteiger partial charge in [-0.3, -0.25) is 33.8 Å². The zero-order valence-corrected chi connectivity index (χ0v) is 87.8. The van der Waals surface area contributed by atoms with Gasteiger partial charge in [-0.1, -0.05) is 132 Å². The fourth-order valence-corrected chi connectivity index (χ4v) is 13.3. The lowest BCUT2D eigenvalue weighted by Gasteiger charge is -2.13. The summed E-state index contributed by atoms with van der Waals surface area (Å²) < 4.78 is 91.8. The first kappa shape index (κ1) is 133. The average Bonchev–Trinajstić information content (AvgIpc) is 1.76. The summed E-state index contributed by atoms with van der Waals surface area (Å²) in [5.41, 5.74) is 22.5. The van der Waals surface area contributed by atoms with Crippen molar-refractivity contribution in [3.8, 4) is 0 Å². The van der Waals surface area contributed by atoms with Gasteiger partial charge in [-0.05, 0) is 157 Å². The largest absolute Gasteiger partial charge is 0.466 e. The molecule has 0 aromatic carbocycles. The molecule has 0 saturated carbocycles.